The summed E-state index contributed by atoms with van der Waals surface area (Å²) in [5.74, 6) is 0.340. The second kappa shape index (κ2) is 5.08. The van der Waals surface area contributed by atoms with Crippen LogP contribution in [-0.2, 0) is 6.42 Å². The lowest BCUT2D eigenvalue weighted by Gasteiger charge is -2.34. The number of hydrogen-bond donors (Lipinski definition) is 1. The Hall–Kier alpha value is -2.84. The Morgan fingerprint density at radius 2 is 2.20 bits per heavy atom. The maximum Gasteiger partial charge on any atom is 0.142 e. The summed E-state index contributed by atoms with van der Waals surface area (Å²) in [7, 11) is 2.18. The normalized spacial score (nSPS) is 22.1. The van der Waals surface area contributed by atoms with Crippen LogP contribution < -0.4 is 5.73 Å². The van der Waals surface area contributed by atoms with Crippen LogP contribution in [0, 0.1) is 11.3 Å². The van der Waals surface area contributed by atoms with Gasteiger partial charge in [0.1, 0.15) is 23.0 Å². The molecule has 2 aromatic heterocycles. The number of nitriles is 1. The van der Waals surface area contributed by atoms with Crippen molar-refractivity contribution in [1.29, 1.82) is 5.26 Å². The third kappa shape index (κ3) is 1.95. The molecule has 0 unspecified atom stereocenters. The van der Waals surface area contributed by atoms with Crippen molar-refractivity contribution in [2.24, 2.45) is 0 Å². The van der Waals surface area contributed by atoms with Crippen LogP contribution in [0.2, 0.25) is 0 Å². The highest BCUT2D eigenvalue weighted by Crippen LogP contribution is 2.47. The minimum atomic E-state index is 0.309. The van der Waals surface area contributed by atoms with E-state index in [0.29, 0.717) is 23.5 Å². The highest BCUT2D eigenvalue weighted by atomic mass is 16.3. The first kappa shape index (κ1) is 14.5. The zero-order chi connectivity index (χ0) is 17.1. The van der Waals surface area contributed by atoms with Crippen LogP contribution >= 0.6 is 0 Å². The molecular weight excluding hydrogens is 312 g/mol. The molecule has 3 aromatic rings. The molecule has 2 atom stereocenters. The molecule has 0 radical (unpaired) electrons. The van der Waals surface area contributed by atoms with E-state index in [2.05, 4.69) is 29.1 Å². The first-order valence-electron chi connectivity index (χ1n) is 8.59. The van der Waals surface area contributed by atoms with Gasteiger partial charge in [-0.1, -0.05) is 6.07 Å². The van der Waals surface area contributed by atoms with Crippen molar-refractivity contribution in [2.45, 2.75) is 31.3 Å². The molecule has 25 heavy (non-hydrogen) atoms. The topological polar surface area (TPSA) is 79.1 Å². The number of rotatable bonds is 1. The van der Waals surface area contributed by atoms with Crippen molar-refractivity contribution >= 4 is 16.8 Å². The van der Waals surface area contributed by atoms with Crippen molar-refractivity contribution < 1.29 is 4.42 Å². The lowest BCUT2D eigenvalue weighted by Crippen LogP contribution is -2.35. The Kier molecular flexibility index (Phi) is 2.94. The van der Waals surface area contributed by atoms with Gasteiger partial charge in [-0.2, -0.15) is 5.26 Å². The summed E-state index contributed by atoms with van der Waals surface area (Å²) in [5.41, 5.74) is 11.7. The van der Waals surface area contributed by atoms with Gasteiger partial charge in [-0.05, 0) is 43.7 Å². The molecule has 1 saturated heterocycles. The van der Waals surface area contributed by atoms with E-state index in [1.165, 1.54) is 12.0 Å². The first-order chi connectivity index (χ1) is 12.2. The van der Waals surface area contributed by atoms with Crippen LogP contribution in [0.15, 0.2) is 34.9 Å². The number of hydrogen-bond acceptors (Lipinski definition) is 5. The number of nitrogen functional groups attached to an aromatic ring is 1. The Balaban J connectivity index is 1.83. The molecule has 0 aliphatic carbocycles. The number of furan rings is 1. The molecule has 2 N–H and O–H groups in total. The molecular formula is C20H18N4O. The van der Waals surface area contributed by atoms with E-state index in [4.69, 9.17) is 10.2 Å². The van der Waals surface area contributed by atoms with Crippen LogP contribution in [0.5, 0.6) is 0 Å². The predicted molar refractivity (Wildman–Crippen MR) is 95.8 cm³/mol. The van der Waals surface area contributed by atoms with E-state index >= 15 is 0 Å². The molecule has 0 saturated carbocycles. The molecule has 1 aromatic carbocycles. The smallest absolute Gasteiger partial charge is 0.142 e. The van der Waals surface area contributed by atoms with Gasteiger partial charge in [-0.15, -0.1) is 0 Å². The molecule has 5 rings (SSSR count). The van der Waals surface area contributed by atoms with Crippen molar-refractivity contribution in [2.75, 3.05) is 12.8 Å². The fourth-order valence-electron chi connectivity index (χ4n) is 4.55. The third-order valence-electron chi connectivity index (χ3n) is 5.80. The minimum absolute atomic E-state index is 0.309. The van der Waals surface area contributed by atoms with Gasteiger partial charge in [0.05, 0.1) is 6.26 Å². The number of aromatic nitrogens is 1. The van der Waals surface area contributed by atoms with Gasteiger partial charge in [-0.25, -0.2) is 4.98 Å². The van der Waals surface area contributed by atoms with Crippen LogP contribution in [0.1, 0.15) is 35.7 Å². The molecule has 2 aliphatic heterocycles. The fourth-order valence-corrected chi connectivity index (χ4v) is 4.55. The monoisotopic (exact) mass is 330 g/mol. The SMILES string of the molecule is CN1[C@H]2CC[C@@H]1c1c(nc(N)c(C#N)c1-c1ccc3occc3c1)C2. The summed E-state index contributed by atoms with van der Waals surface area (Å²) >= 11 is 0. The zero-order valence-corrected chi connectivity index (χ0v) is 14.0. The Labute approximate surface area is 145 Å². The maximum absolute atomic E-state index is 9.77. The van der Waals surface area contributed by atoms with Crippen molar-refractivity contribution in [3.63, 3.8) is 0 Å². The van der Waals surface area contributed by atoms with Gasteiger partial charge >= 0.3 is 0 Å². The van der Waals surface area contributed by atoms with Crippen LogP contribution in [0.3, 0.4) is 0 Å². The van der Waals surface area contributed by atoms with Gasteiger partial charge in [0.25, 0.3) is 0 Å². The minimum Gasteiger partial charge on any atom is -0.464 e. The largest absolute Gasteiger partial charge is 0.464 e. The maximum atomic E-state index is 9.77. The van der Waals surface area contributed by atoms with Crippen molar-refractivity contribution in [3.05, 3.63) is 47.3 Å². The molecule has 0 spiro atoms. The van der Waals surface area contributed by atoms with E-state index in [-0.39, 0.29) is 0 Å². The number of likely N-dealkylation sites (N-methyl/N-ethyl adjacent to an activating group) is 1. The Morgan fingerprint density at radius 1 is 1.32 bits per heavy atom. The summed E-state index contributed by atoms with van der Waals surface area (Å²) < 4.78 is 5.46. The third-order valence-corrected chi connectivity index (χ3v) is 5.80. The van der Waals surface area contributed by atoms with E-state index in [1.54, 1.807) is 6.26 Å². The van der Waals surface area contributed by atoms with Gasteiger partial charge < -0.3 is 10.2 Å². The van der Waals surface area contributed by atoms with Gasteiger partial charge in [-0.3, -0.25) is 4.90 Å². The summed E-state index contributed by atoms with van der Waals surface area (Å²) in [6.45, 7) is 0. The summed E-state index contributed by atoms with van der Waals surface area (Å²) in [6, 6.07) is 11.1. The number of benzene rings is 1. The Bertz CT molecular complexity index is 1050. The number of nitrogens with zero attached hydrogens (tertiary/aromatic N) is 3. The van der Waals surface area contributed by atoms with E-state index < -0.39 is 0 Å². The number of fused-ring (bicyclic) bond motifs is 5. The average molecular weight is 330 g/mol. The van der Waals surface area contributed by atoms with E-state index in [9.17, 15) is 5.26 Å². The zero-order valence-electron chi connectivity index (χ0n) is 14.0. The summed E-state index contributed by atoms with van der Waals surface area (Å²) in [6.07, 6.45) is 4.86. The van der Waals surface area contributed by atoms with Gasteiger partial charge in [0.15, 0.2) is 0 Å². The number of nitrogens with two attached hydrogens (primary N) is 1. The van der Waals surface area contributed by atoms with Crippen molar-refractivity contribution in [3.8, 4) is 17.2 Å². The summed E-state index contributed by atoms with van der Waals surface area (Å²) in [5, 5.41) is 10.8. The second-order valence-corrected chi connectivity index (χ2v) is 7.01. The number of anilines is 1. The van der Waals surface area contributed by atoms with Crippen LogP contribution in [0.4, 0.5) is 5.82 Å². The molecule has 124 valence electrons. The quantitative estimate of drug-likeness (QED) is 0.737. The summed E-state index contributed by atoms with van der Waals surface area (Å²) in [4.78, 5) is 7.04. The molecule has 4 heterocycles. The fraction of sp³-hybridized carbons (Fsp3) is 0.300. The van der Waals surface area contributed by atoms with E-state index in [0.717, 1.165) is 40.6 Å². The lowest BCUT2D eigenvalue weighted by atomic mass is 9.87. The number of pyridine rings is 1. The first-order valence-corrected chi connectivity index (χ1v) is 8.59. The molecule has 2 bridgehead atoms. The highest BCUT2D eigenvalue weighted by molar-refractivity contribution is 5.87. The van der Waals surface area contributed by atoms with Gasteiger partial charge in [0.2, 0.25) is 0 Å². The van der Waals surface area contributed by atoms with Crippen LogP contribution in [0.25, 0.3) is 22.1 Å². The molecule has 1 fully saturated rings. The average Bonchev–Trinajstić information content (AvgIpc) is 3.16. The lowest BCUT2D eigenvalue weighted by molar-refractivity contribution is 0.222. The molecule has 0 amide bonds. The van der Waals surface area contributed by atoms with Gasteiger partial charge in [0, 0.05) is 40.7 Å². The van der Waals surface area contributed by atoms with E-state index in [1.807, 2.05) is 18.2 Å². The van der Waals surface area contributed by atoms with Crippen LogP contribution in [-0.4, -0.2) is 23.0 Å². The molecule has 2 aliphatic rings. The predicted octanol–water partition coefficient (Wildman–Crippen LogP) is 3.64. The second-order valence-electron chi connectivity index (χ2n) is 7.01. The molecule has 5 heteroatoms. The van der Waals surface area contributed by atoms with Crippen molar-refractivity contribution in [1.82, 2.24) is 9.88 Å². The highest BCUT2D eigenvalue weighted by Gasteiger charge is 2.40. The molecule has 5 nitrogen and oxygen atoms in total. The standard InChI is InChI=1S/C20H18N4O/c1-24-13-3-4-16(24)19-15(9-13)23-20(22)14(10-21)18(19)12-2-5-17-11(8-12)6-7-25-17/h2,5-8,13,16H,3-4,9H2,1H3,(H2,22,23)/t13-,16+/m0/s1. The Morgan fingerprint density at radius 3 is 3.04 bits per heavy atom.